The Labute approximate surface area is 49.6 Å². The van der Waals surface area contributed by atoms with E-state index in [1.165, 1.54) is 0 Å². The van der Waals surface area contributed by atoms with Crippen molar-refractivity contribution in [2.75, 3.05) is 0 Å². The molecule has 1 rings (SSSR count). The van der Waals surface area contributed by atoms with Crippen molar-refractivity contribution < 1.29 is 0 Å². The molecule has 1 aliphatic rings. The first kappa shape index (κ1) is 5.37. The van der Waals surface area contributed by atoms with Crippen molar-refractivity contribution in [3.8, 4) is 6.07 Å². The normalized spacial score (nSPS) is 23.0. The van der Waals surface area contributed by atoms with Crippen molar-refractivity contribution in [3.63, 3.8) is 0 Å². The van der Waals surface area contributed by atoms with E-state index in [1.807, 2.05) is 19.1 Å². The van der Waals surface area contributed by atoms with E-state index in [2.05, 4.69) is 6.07 Å². The van der Waals surface area contributed by atoms with E-state index >= 15 is 0 Å². The van der Waals surface area contributed by atoms with Gasteiger partial charge in [0.1, 0.15) is 0 Å². The first-order chi connectivity index (χ1) is 3.83. The van der Waals surface area contributed by atoms with Gasteiger partial charge in [0.25, 0.3) is 0 Å². The third kappa shape index (κ3) is 0.742. The second-order valence-corrected chi connectivity index (χ2v) is 2.27. The van der Waals surface area contributed by atoms with Crippen LogP contribution in [0.1, 0.15) is 19.8 Å². The molecule has 0 aromatic carbocycles. The average Bonchev–Trinajstić information content (AvgIpc) is 2.50. The predicted molar refractivity (Wildman–Crippen MR) is 32.1 cm³/mol. The van der Waals surface area contributed by atoms with E-state index in [0.717, 1.165) is 12.8 Å². The van der Waals surface area contributed by atoms with Crippen molar-refractivity contribution in [1.29, 1.82) is 5.26 Å². The van der Waals surface area contributed by atoms with E-state index < -0.39 is 0 Å². The van der Waals surface area contributed by atoms with Crippen molar-refractivity contribution in [2.24, 2.45) is 5.41 Å². The van der Waals surface area contributed by atoms with Crippen LogP contribution in [0.4, 0.5) is 0 Å². The van der Waals surface area contributed by atoms with Crippen LogP contribution >= 0.6 is 0 Å². The molecule has 0 amide bonds. The summed E-state index contributed by atoms with van der Waals surface area (Å²) in [5.41, 5.74) is -0.0330. The van der Waals surface area contributed by atoms with Crippen LogP contribution in [0.25, 0.3) is 0 Å². The van der Waals surface area contributed by atoms with Crippen molar-refractivity contribution in [3.05, 3.63) is 12.2 Å². The molecule has 0 spiro atoms. The van der Waals surface area contributed by atoms with Crippen LogP contribution in [-0.2, 0) is 0 Å². The van der Waals surface area contributed by atoms with Gasteiger partial charge in [0, 0.05) is 0 Å². The fourth-order valence-corrected chi connectivity index (χ4v) is 0.769. The van der Waals surface area contributed by atoms with Crippen LogP contribution in [0.3, 0.4) is 0 Å². The van der Waals surface area contributed by atoms with E-state index in [0.29, 0.717) is 0 Å². The Morgan fingerprint density at radius 3 is 2.38 bits per heavy atom. The van der Waals surface area contributed by atoms with Crippen LogP contribution < -0.4 is 0 Å². The van der Waals surface area contributed by atoms with Crippen LogP contribution in [0.15, 0.2) is 12.2 Å². The Hall–Kier alpha value is -0.770. The standard InChI is InChI=1S/C7H9N/c1-2-3-7(6-8)4-5-7/h2-3H,4-5H2,1H3/b3-2+. The lowest BCUT2D eigenvalue weighted by molar-refractivity contribution is 0.874. The molecule has 1 saturated carbocycles. The molecule has 0 unspecified atom stereocenters. The Balaban J connectivity index is 2.57. The van der Waals surface area contributed by atoms with E-state index in [9.17, 15) is 0 Å². The molecule has 1 heteroatoms. The summed E-state index contributed by atoms with van der Waals surface area (Å²) in [6, 6.07) is 2.27. The summed E-state index contributed by atoms with van der Waals surface area (Å²) >= 11 is 0. The number of nitrogens with zero attached hydrogens (tertiary/aromatic N) is 1. The number of allylic oxidation sites excluding steroid dienone is 2. The summed E-state index contributed by atoms with van der Waals surface area (Å²) in [7, 11) is 0. The van der Waals surface area contributed by atoms with Crippen molar-refractivity contribution >= 4 is 0 Å². The lowest BCUT2D eigenvalue weighted by Crippen LogP contribution is -1.86. The topological polar surface area (TPSA) is 23.8 Å². The van der Waals surface area contributed by atoms with Gasteiger partial charge in [-0.3, -0.25) is 0 Å². The van der Waals surface area contributed by atoms with E-state index in [-0.39, 0.29) is 5.41 Å². The Bertz CT molecular complexity index is 146. The molecule has 0 bridgehead atoms. The summed E-state index contributed by atoms with van der Waals surface area (Å²) in [5.74, 6) is 0. The molecule has 0 aromatic rings. The Morgan fingerprint density at radius 1 is 1.62 bits per heavy atom. The van der Waals surface area contributed by atoms with Crippen LogP contribution in [0.2, 0.25) is 0 Å². The summed E-state index contributed by atoms with van der Waals surface area (Å²) < 4.78 is 0. The first-order valence-electron chi connectivity index (χ1n) is 2.88. The molecule has 1 nitrogen and oxygen atoms in total. The van der Waals surface area contributed by atoms with Gasteiger partial charge < -0.3 is 0 Å². The third-order valence-corrected chi connectivity index (χ3v) is 1.50. The number of hydrogen-bond donors (Lipinski definition) is 0. The van der Waals surface area contributed by atoms with Gasteiger partial charge in [-0.2, -0.15) is 5.26 Å². The average molecular weight is 107 g/mol. The highest BCUT2D eigenvalue weighted by Gasteiger charge is 2.39. The third-order valence-electron chi connectivity index (χ3n) is 1.50. The van der Waals surface area contributed by atoms with E-state index in [1.54, 1.807) is 0 Å². The second kappa shape index (κ2) is 1.63. The monoisotopic (exact) mass is 107 g/mol. The SMILES string of the molecule is C/C=C/C1(C#N)CC1. The fraction of sp³-hybridized carbons (Fsp3) is 0.571. The van der Waals surface area contributed by atoms with Gasteiger partial charge in [-0.25, -0.2) is 0 Å². The number of hydrogen-bond acceptors (Lipinski definition) is 1. The van der Waals surface area contributed by atoms with Gasteiger partial charge in [-0.15, -0.1) is 0 Å². The van der Waals surface area contributed by atoms with Gasteiger partial charge in [0.2, 0.25) is 0 Å². The maximum absolute atomic E-state index is 8.49. The molecule has 1 aliphatic carbocycles. The van der Waals surface area contributed by atoms with Crippen molar-refractivity contribution in [2.45, 2.75) is 19.8 Å². The maximum atomic E-state index is 8.49. The second-order valence-electron chi connectivity index (χ2n) is 2.27. The molecule has 0 atom stereocenters. The fourth-order valence-electron chi connectivity index (χ4n) is 0.769. The van der Waals surface area contributed by atoms with Crippen LogP contribution in [0.5, 0.6) is 0 Å². The maximum Gasteiger partial charge on any atom is 0.0754 e. The number of rotatable bonds is 1. The summed E-state index contributed by atoms with van der Waals surface area (Å²) in [6.45, 7) is 1.96. The van der Waals surface area contributed by atoms with Crippen LogP contribution in [0, 0.1) is 16.7 Å². The zero-order valence-electron chi connectivity index (χ0n) is 5.02. The molecule has 1 fully saturated rings. The zero-order valence-corrected chi connectivity index (χ0v) is 5.02. The molecular formula is C7H9N. The molecule has 0 heterocycles. The van der Waals surface area contributed by atoms with Gasteiger partial charge in [-0.05, 0) is 19.8 Å². The predicted octanol–water partition coefficient (Wildman–Crippen LogP) is 1.87. The molecule has 0 aromatic heterocycles. The highest BCUT2D eigenvalue weighted by molar-refractivity contribution is 5.20. The molecule has 42 valence electrons. The molecular weight excluding hydrogens is 98.1 g/mol. The summed E-state index contributed by atoms with van der Waals surface area (Å²) in [4.78, 5) is 0. The Kier molecular flexibility index (Phi) is 1.09. The zero-order chi connectivity index (χ0) is 6.04. The van der Waals surface area contributed by atoms with Gasteiger partial charge in [0.05, 0.1) is 11.5 Å². The highest BCUT2D eigenvalue weighted by Crippen LogP contribution is 2.46. The highest BCUT2D eigenvalue weighted by atomic mass is 14.5. The largest absolute Gasteiger partial charge is 0.197 e. The van der Waals surface area contributed by atoms with E-state index in [4.69, 9.17) is 5.26 Å². The number of nitriles is 1. The minimum absolute atomic E-state index is 0.0330. The molecule has 0 N–H and O–H groups in total. The van der Waals surface area contributed by atoms with Gasteiger partial charge in [-0.1, -0.05) is 12.2 Å². The van der Waals surface area contributed by atoms with Gasteiger partial charge >= 0.3 is 0 Å². The van der Waals surface area contributed by atoms with Crippen molar-refractivity contribution in [1.82, 2.24) is 0 Å². The molecule has 0 aliphatic heterocycles. The minimum atomic E-state index is -0.0330. The molecule has 8 heavy (non-hydrogen) atoms. The smallest absolute Gasteiger partial charge is 0.0754 e. The molecule has 0 saturated heterocycles. The minimum Gasteiger partial charge on any atom is -0.197 e. The van der Waals surface area contributed by atoms with Gasteiger partial charge in [0.15, 0.2) is 0 Å². The quantitative estimate of drug-likeness (QED) is 0.469. The summed E-state index contributed by atoms with van der Waals surface area (Å²) in [5, 5.41) is 8.49. The Morgan fingerprint density at radius 2 is 2.25 bits per heavy atom. The first-order valence-corrected chi connectivity index (χ1v) is 2.88. The van der Waals surface area contributed by atoms with Crippen LogP contribution in [-0.4, -0.2) is 0 Å². The lowest BCUT2D eigenvalue weighted by Gasteiger charge is -1.89. The molecule has 0 radical (unpaired) electrons. The lowest BCUT2D eigenvalue weighted by atomic mass is 10.1. The summed E-state index contributed by atoms with van der Waals surface area (Å²) in [6.07, 6.45) is 6.07.